The predicted octanol–water partition coefficient (Wildman–Crippen LogP) is -0.914. The molecule has 3 rings (SSSR count). The lowest BCUT2D eigenvalue weighted by Gasteiger charge is -2.09. The first-order valence-electron chi connectivity index (χ1n) is 7.28. The molecule has 0 unspecified atom stereocenters. The van der Waals surface area contributed by atoms with Crippen LogP contribution in [0.5, 0.6) is 0 Å². The highest BCUT2D eigenvalue weighted by Gasteiger charge is 2.17. The minimum Gasteiger partial charge on any atom is -0.358 e. The van der Waals surface area contributed by atoms with E-state index in [0.717, 1.165) is 4.57 Å². The summed E-state index contributed by atoms with van der Waals surface area (Å²) in [6.45, 7) is -0.00251. The molecule has 0 spiro atoms. The van der Waals surface area contributed by atoms with Crippen molar-refractivity contribution >= 4 is 17.1 Å². The van der Waals surface area contributed by atoms with E-state index in [1.807, 2.05) is 0 Å². The van der Waals surface area contributed by atoms with Crippen LogP contribution < -0.4 is 16.6 Å². The number of hydrogen-bond acceptors (Lipinski definition) is 5. The Kier molecular flexibility index (Phi) is 3.98. The van der Waals surface area contributed by atoms with E-state index in [1.165, 1.54) is 29.6 Å². The number of fused-ring (bicyclic) bond motifs is 1. The molecule has 0 aromatic carbocycles. The molecule has 0 fully saturated rings. The van der Waals surface area contributed by atoms with Gasteiger partial charge in [0.1, 0.15) is 6.54 Å². The lowest BCUT2D eigenvalue weighted by atomic mass is 10.3. The van der Waals surface area contributed by atoms with Gasteiger partial charge in [-0.25, -0.2) is 9.78 Å². The number of carbonyl (C=O) groups is 1. The smallest absolute Gasteiger partial charge is 0.332 e. The van der Waals surface area contributed by atoms with Crippen LogP contribution in [0.25, 0.3) is 11.2 Å². The topological polar surface area (TPSA) is 104 Å². The fraction of sp³-hybridized carbons (Fsp3) is 0.267. The summed E-state index contributed by atoms with van der Waals surface area (Å²) < 4.78 is 3.82. The summed E-state index contributed by atoms with van der Waals surface area (Å²) in [6, 6.07) is 5.27. The number of nitrogens with zero attached hydrogens (tertiary/aromatic N) is 5. The number of carbonyl (C=O) groups excluding carboxylic acids is 1. The highest BCUT2D eigenvalue weighted by atomic mass is 16.2. The third-order valence-corrected chi connectivity index (χ3v) is 3.74. The van der Waals surface area contributed by atoms with Crippen LogP contribution in [0.3, 0.4) is 0 Å². The number of aryl methyl sites for hydroxylation is 1. The fourth-order valence-corrected chi connectivity index (χ4v) is 2.47. The monoisotopic (exact) mass is 328 g/mol. The number of amides is 1. The second-order valence-corrected chi connectivity index (χ2v) is 5.27. The van der Waals surface area contributed by atoms with Gasteiger partial charge in [-0.3, -0.25) is 23.7 Å². The van der Waals surface area contributed by atoms with E-state index in [2.05, 4.69) is 15.3 Å². The van der Waals surface area contributed by atoms with E-state index in [-0.39, 0.29) is 30.2 Å². The zero-order valence-electron chi connectivity index (χ0n) is 13.3. The summed E-state index contributed by atoms with van der Waals surface area (Å²) in [4.78, 5) is 45.1. The van der Waals surface area contributed by atoms with Crippen LogP contribution in [-0.2, 0) is 24.9 Å². The highest BCUT2D eigenvalue weighted by Crippen LogP contribution is 2.06. The van der Waals surface area contributed by atoms with Crippen molar-refractivity contribution in [2.75, 3.05) is 7.05 Å². The summed E-state index contributed by atoms with van der Waals surface area (Å²) in [6.07, 6.45) is 2.98. The number of pyridine rings is 1. The fourth-order valence-electron chi connectivity index (χ4n) is 2.47. The van der Waals surface area contributed by atoms with Gasteiger partial charge in [0.05, 0.1) is 18.6 Å². The van der Waals surface area contributed by atoms with E-state index >= 15 is 0 Å². The first-order chi connectivity index (χ1) is 11.5. The van der Waals surface area contributed by atoms with Crippen LogP contribution in [0, 0.1) is 0 Å². The molecule has 0 aliphatic carbocycles. The molecule has 0 aliphatic rings. The average Bonchev–Trinajstić information content (AvgIpc) is 3.01. The van der Waals surface area contributed by atoms with Gasteiger partial charge in [-0.05, 0) is 12.1 Å². The number of likely N-dealkylation sites (N-methyl/N-ethyl adjacent to an activating group) is 1. The first-order valence-corrected chi connectivity index (χ1v) is 7.28. The van der Waals surface area contributed by atoms with Gasteiger partial charge in [0.15, 0.2) is 11.2 Å². The van der Waals surface area contributed by atoms with Gasteiger partial charge < -0.3 is 9.88 Å². The molecule has 9 heteroatoms. The third-order valence-electron chi connectivity index (χ3n) is 3.74. The maximum absolute atomic E-state index is 12.8. The van der Waals surface area contributed by atoms with Crippen LogP contribution in [0.2, 0.25) is 0 Å². The largest absolute Gasteiger partial charge is 0.358 e. The number of imidazole rings is 1. The number of nitrogens with one attached hydrogen (secondary N) is 1. The van der Waals surface area contributed by atoms with Gasteiger partial charge in [-0.15, -0.1) is 0 Å². The molecule has 1 N–H and O–H groups in total. The van der Waals surface area contributed by atoms with Gasteiger partial charge in [0.2, 0.25) is 5.91 Å². The molecule has 124 valence electrons. The Bertz CT molecular complexity index is 1020. The Labute approximate surface area is 136 Å². The molecular weight excluding hydrogens is 312 g/mol. The van der Waals surface area contributed by atoms with Crippen LogP contribution >= 0.6 is 0 Å². The molecule has 24 heavy (non-hydrogen) atoms. The molecule has 0 atom stereocenters. The molecule has 9 nitrogen and oxygen atoms in total. The van der Waals surface area contributed by atoms with E-state index in [1.54, 1.807) is 24.4 Å². The minimum absolute atomic E-state index is 0.0490. The van der Waals surface area contributed by atoms with Crippen molar-refractivity contribution in [2.24, 2.45) is 7.05 Å². The molecule has 0 saturated carbocycles. The second-order valence-electron chi connectivity index (χ2n) is 5.27. The SMILES string of the molecule is CNC(=O)Cn1cnc2c1c(=O)n(Cc1ccccn1)c(=O)n2C. The van der Waals surface area contributed by atoms with Gasteiger partial charge in [-0.1, -0.05) is 6.07 Å². The standard InChI is InChI=1S/C15H16N6O3/c1-16-11(22)8-20-9-18-13-12(20)14(23)21(15(24)19(13)2)7-10-5-3-4-6-17-10/h3-6,9H,7-8H2,1-2H3,(H,16,22). The van der Waals surface area contributed by atoms with Gasteiger partial charge >= 0.3 is 5.69 Å². The van der Waals surface area contributed by atoms with Crippen molar-refractivity contribution in [3.8, 4) is 0 Å². The van der Waals surface area contributed by atoms with E-state index < -0.39 is 11.2 Å². The summed E-state index contributed by atoms with van der Waals surface area (Å²) in [5, 5.41) is 2.49. The minimum atomic E-state index is -0.500. The Balaban J connectivity index is 2.19. The maximum Gasteiger partial charge on any atom is 0.332 e. The predicted molar refractivity (Wildman–Crippen MR) is 86.6 cm³/mol. The van der Waals surface area contributed by atoms with Crippen molar-refractivity contribution < 1.29 is 4.79 Å². The molecule has 0 radical (unpaired) electrons. The Morgan fingerprint density at radius 2 is 2.04 bits per heavy atom. The molecule has 3 heterocycles. The van der Waals surface area contributed by atoms with Crippen molar-refractivity contribution in [1.82, 2.24) is 29.0 Å². The van der Waals surface area contributed by atoms with Crippen LogP contribution in [-0.4, -0.2) is 36.6 Å². The summed E-state index contributed by atoms with van der Waals surface area (Å²) >= 11 is 0. The highest BCUT2D eigenvalue weighted by molar-refractivity contribution is 5.78. The molecule has 0 bridgehead atoms. The third kappa shape index (κ3) is 2.60. The summed E-state index contributed by atoms with van der Waals surface area (Å²) in [7, 11) is 3.05. The first kappa shape index (κ1) is 15.7. The van der Waals surface area contributed by atoms with Gasteiger partial charge in [-0.2, -0.15) is 0 Å². The molecule has 1 amide bonds. The summed E-state index contributed by atoms with van der Waals surface area (Å²) in [5.41, 5.74) is 0.0553. The van der Waals surface area contributed by atoms with Gasteiger partial charge in [0, 0.05) is 20.3 Å². The van der Waals surface area contributed by atoms with Crippen LogP contribution in [0.1, 0.15) is 5.69 Å². The Morgan fingerprint density at radius 3 is 2.71 bits per heavy atom. The molecule has 0 saturated heterocycles. The average molecular weight is 328 g/mol. The van der Waals surface area contributed by atoms with Crippen LogP contribution in [0.15, 0.2) is 40.3 Å². The second kappa shape index (κ2) is 6.11. The maximum atomic E-state index is 12.8. The van der Waals surface area contributed by atoms with Crippen molar-refractivity contribution in [1.29, 1.82) is 0 Å². The van der Waals surface area contributed by atoms with Crippen LogP contribution in [0.4, 0.5) is 0 Å². The van der Waals surface area contributed by atoms with Crippen molar-refractivity contribution in [3.63, 3.8) is 0 Å². The lowest BCUT2D eigenvalue weighted by molar-refractivity contribution is -0.121. The van der Waals surface area contributed by atoms with E-state index in [0.29, 0.717) is 5.69 Å². The van der Waals surface area contributed by atoms with Crippen molar-refractivity contribution in [2.45, 2.75) is 13.1 Å². The van der Waals surface area contributed by atoms with E-state index in [9.17, 15) is 14.4 Å². The zero-order chi connectivity index (χ0) is 17.3. The quantitative estimate of drug-likeness (QED) is 0.667. The number of rotatable bonds is 4. The van der Waals surface area contributed by atoms with E-state index in [4.69, 9.17) is 0 Å². The molecule has 3 aromatic heterocycles. The molecule has 3 aromatic rings. The zero-order valence-corrected chi connectivity index (χ0v) is 13.3. The normalized spacial score (nSPS) is 10.9. The molecule has 0 aliphatic heterocycles. The van der Waals surface area contributed by atoms with Crippen molar-refractivity contribution in [3.05, 3.63) is 57.3 Å². The Morgan fingerprint density at radius 1 is 1.25 bits per heavy atom. The molecular formula is C15H16N6O3. The van der Waals surface area contributed by atoms with Gasteiger partial charge in [0.25, 0.3) is 5.56 Å². The Hall–Kier alpha value is -3.23. The summed E-state index contributed by atoms with van der Waals surface area (Å²) in [5.74, 6) is -0.265. The number of hydrogen-bond donors (Lipinski definition) is 1. The lowest BCUT2D eigenvalue weighted by Crippen LogP contribution is -2.40. The number of aromatic nitrogens is 5.